The quantitative estimate of drug-likeness (QED) is 0.551. The minimum absolute atomic E-state index is 0.0149. The van der Waals surface area contributed by atoms with Gasteiger partial charge < -0.3 is 15.2 Å². The molecule has 1 saturated heterocycles. The van der Waals surface area contributed by atoms with Gasteiger partial charge in [-0.1, -0.05) is 36.9 Å². The van der Waals surface area contributed by atoms with Crippen LogP contribution in [-0.2, 0) is 4.74 Å². The number of nitrogens with zero attached hydrogens (tertiary/aromatic N) is 4. The summed E-state index contributed by atoms with van der Waals surface area (Å²) < 4.78 is 7.45. The monoisotopic (exact) mass is 395 g/mol. The molecule has 1 aliphatic rings. The van der Waals surface area contributed by atoms with Gasteiger partial charge in [-0.05, 0) is 30.0 Å². The second kappa shape index (κ2) is 8.18. The Hall–Kier alpha value is -1.93. The van der Waals surface area contributed by atoms with Gasteiger partial charge in [-0.25, -0.2) is 4.68 Å². The summed E-state index contributed by atoms with van der Waals surface area (Å²) in [5.41, 5.74) is 1.34. The summed E-state index contributed by atoms with van der Waals surface area (Å²) in [6.07, 6.45) is 6.10. The minimum atomic E-state index is -0.290. The summed E-state index contributed by atoms with van der Waals surface area (Å²) in [5.74, 6) is 0.538. The van der Waals surface area contributed by atoms with Crippen molar-refractivity contribution in [3.8, 4) is 0 Å². The Morgan fingerprint density at radius 2 is 2.27 bits per heavy atom. The van der Waals surface area contributed by atoms with Crippen LogP contribution in [-0.4, -0.2) is 44.1 Å². The first-order chi connectivity index (χ1) is 12.5. The van der Waals surface area contributed by atoms with E-state index in [9.17, 15) is 5.11 Å². The van der Waals surface area contributed by atoms with Gasteiger partial charge in [0.15, 0.2) is 11.9 Å². The Balaban J connectivity index is 1.89. The number of aliphatic hydroxyl groups is 1. The number of ether oxygens (including phenoxy) is 1. The molecule has 0 saturated carbocycles. The van der Waals surface area contributed by atoms with Crippen molar-refractivity contribution in [2.24, 2.45) is 0 Å². The first kappa shape index (κ1) is 18.8. The molecule has 0 aliphatic carbocycles. The van der Waals surface area contributed by atoms with E-state index < -0.39 is 0 Å². The molecule has 1 aliphatic heterocycles. The van der Waals surface area contributed by atoms with Gasteiger partial charge in [-0.3, -0.25) is 0 Å². The molecule has 3 heterocycles. The predicted molar refractivity (Wildman–Crippen MR) is 102 cm³/mol. The lowest BCUT2D eigenvalue weighted by Crippen LogP contribution is -2.15. The largest absolute Gasteiger partial charge is 0.394 e. The van der Waals surface area contributed by atoms with Gasteiger partial charge in [-0.15, -0.1) is 0 Å². The van der Waals surface area contributed by atoms with Crippen molar-refractivity contribution < 1.29 is 9.84 Å². The molecule has 0 bridgehead atoms. The standard InChI is InChI=1S/C17H19Cl2N5O2/c1-3-4-11(10(2)18)7-20-15-13-8-21-24(16(13)23-17(19)22-15)14-6-5-12(9-25)26-14/h3-4,8,12,14,25H,1-2,5-7,9H2,(H,20,22,23)/b11-4-. The predicted octanol–water partition coefficient (Wildman–Crippen LogP) is 3.43. The number of anilines is 1. The van der Waals surface area contributed by atoms with Crippen LogP contribution >= 0.6 is 23.2 Å². The third kappa shape index (κ3) is 3.91. The highest BCUT2D eigenvalue weighted by Gasteiger charge is 2.28. The normalized spacial score (nSPS) is 20.5. The van der Waals surface area contributed by atoms with Crippen molar-refractivity contribution in [1.82, 2.24) is 19.7 Å². The van der Waals surface area contributed by atoms with Crippen LogP contribution in [0.5, 0.6) is 0 Å². The van der Waals surface area contributed by atoms with Crippen molar-refractivity contribution in [3.05, 3.63) is 47.4 Å². The molecule has 7 nitrogen and oxygen atoms in total. The molecule has 3 rings (SSSR count). The maximum atomic E-state index is 9.25. The fraction of sp³-hybridized carbons (Fsp3) is 0.353. The zero-order chi connectivity index (χ0) is 18.7. The molecular formula is C17H19Cl2N5O2. The zero-order valence-corrected chi connectivity index (χ0v) is 15.5. The van der Waals surface area contributed by atoms with Crippen LogP contribution in [0.3, 0.4) is 0 Å². The minimum Gasteiger partial charge on any atom is -0.394 e. The summed E-state index contributed by atoms with van der Waals surface area (Å²) in [7, 11) is 0. The van der Waals surface area contributed by atoms with E-state index in [0.717, 1.165) is 18.4 Å². The molecule has 0 radical (unpaired) electrons. The highest BCUT2D eigenvalue weighted by atomic mass is 35.5. The smallest absolute Gasteiger partial charge is 0.226 e. The van der Waals surface area contributed by atoms with E-state index >= 15 is 0 Å². The lowest BCUT2D eigenvalue weighted by Gasteiger charge is -2.14. The van der Waals surface area contributed by atoms with Crippen molar-refractivity contribution in [1.29, 1.82) is 0 Å². The van der Waals surface area contributed by atoms with Gasteiger partial charge >= 0.3 is 0 Å². The summed E-state index contributed by atoms with van der Waals surface area (Å²) in [5, 5.41) is 18.0. The van der Waals surface area contributed by atoms with Crippen LogP contribution in [0.1, 0.15) is 19.1 Å². The molecule has 2 aromatic rings. The molecule has 2 aromatic heterocycles. The van der Waals surface area contributed by atoms with Gasteiger partial charge in [0.2, 0.25) is 5.28 Å². The second-order valence-electron chi connectivity index (χ2n) is 5.83. The molecule has 0 aromatic carbocycles. The van der Waals surface area contributed by atoms with Crippen LogP contribution < -0.4 is 5.32 Å². The van der Waals surface area contributed by atoms with Gasteiger partial charge in [0.25, 0.3) is 0 Å². The first-order valence-corrected chi connectivity index (χ1v) is 8.86. The van der Waals surface area contributed by atoms with E-state index in [1.807, 2.05) is 0 Å². The summed E-state index contributed by atoms with van der Waals surface area (Å²) in [4.78, 5) is 8.54. The van der Waals surface area contributed by atoms with Gasteiger partial charge in [0, 0.05) is 11.6 Å². The highest BCUT2D eigenvalue weighted by Crippen LogP contribution is 2.31. The van der Waals surface area contributed by atoms with Gasteiger partial charge in [0.1, 0.15) is 5.82 Å². The number of allylic oxidation sites excluding steroid dienone is 2. The molecule has 2 unspecified atom stereocenters. The maximum absolute atomic E-state index is 9.25. The molecule has 9 heteroatoms. The van der Waals surface area contributed by atoms with E-state index in [0.29, 0.717) is 28.4 Å². The number of nitrogens with one attached hydrogen (secondary N) is 1. The van der Waals surface area contributed by atoms with Crippen LogP contribution in [0.25, 0.3) is 11.0 Å². The third-order valence-corrected chi connectivity index (χ3v) is 4.51. The van der Waals surface area contributed by atoms with Crippen LogP contribution in [0.15, 0.2) is 42.1 Å². The number of aromatic nitrogens is 4. The molecule has 2 N–H and O–H groups in total. The number of aliphatic hydroxyl groups excluding tert-OH is 1. The summed E-state index contributed by atoms with van der Waals surface area (Å²) >= 11 is 12.1. The molecule has 2 atom stereocenters. The van der Waals surface area contributed by atoms with E-state index in [4.69, 9.17) is 27.9 Å². The Labute approximate surface area is 161 Å². The number of hydrogen-bond donors (Lipinski definition) is 2. The van der Waals surface area contributed by atoms with Crippen LogP contribution in [0.4, 0.5) is 5.82 Å². The Kier molecular flexibility index (Phi) is 5.93. The Morgan fingerprint density at radius 3 is 2.92 bits per heavy atom. The fourth-order valence-corrected chi connectivity index (χ4v) is 3.11. The lowest BCUT2D eigenvalue weighted by molar-refractivity contribution is -0.0262. The van der Waals surface area contributed by atoms with Crippen molar-refractivity contribution in [2.45, 2.75) is 25.2 Å². The topological polar surface area (TPSA) is 85.1 Å². The first-order valence-electron chi connectivity index (χ1n) is 8.10. The molecule has 0 spiro atoms. The molecule has 26 heavy (non-hydrogen) atoms. The molecule has 0 amide bonds. The summed E-state index contributed by atoms with van der Waals surface area (Å²) in [6.45, 7) is 7.78. The van der Waals surface area contributed by atoms with E-state index in [1.54, 1.807) is 23.0 Å². The van der Waals surface area contributed by atoms with E-state index in [2.05, 4.69) is 33.5 Å². The third-order valence-electron chi connectivity index (χ3n) is 4.10. The van der Waals surface area contributed by atoms with Crippen molar-refractivity contribution in [2.75, 3.05) is 18.5 Å². The average Bonchev–Trinajstić information content (AvgIpc) is 3.24. The number of halogens is 2. The highest BCUT2D eigenvalue weighted by molar-refractivity contribution is 6.31. The van der Waals surface area contributed by atoms with Crippen LogP contribution in [0, 0.1) is 0 Å². The van der Waals surface area contributed by atoms with E-state index in [1.165, 1.54) is 0 Å². The van der Waals surface area contributed by atoms with Crippen molar-refractivity contribution in [3.63, 3.8) is 0 Å². The van der Waals surface area contributed by atoms with Gasteiger partial charge in [-0.2, -0.15) is 15.1 Å². The second-order valence-corrected chi connectivity index (χ2v) is 6.62. The zero-order valence-electron chi connectivity index (χ0n) is 14.0. The summed E-state index contributed by atoms with van der Waals surface area (Å²) in [6, 6.07) is 0. The molecule has 138 valence electrons. The Morgan fingerprint density at radius 1 is 1.46 bits per heavy atom. The molecule has 1 fully saturated rings. The SMILES string of the molecule is C=C/C=C(/CNc1nc(Cl)nc2c1cnn2C1CCC(CO)O1)C(=C)Cl. The maximum Gasteiger partial charge on any atom is 0.226 e. The molecular weight excluding hydrogens is 377 g/mol. The van der Waals surface area contributed by atoms with Gasteiger partial charge in [0.05, 0.1) is 24.3 Å². The number of rotatable bonds is 7. The van der Waals surface area contributed by atoms with E-state index in [-0.39, 0.29) is 24.2 Å². The number of hydrogen-bond acceptors (Lipinski definition) is 6. The fourth-order valence-electron chi connectivity index (χ4n) is 2.81. The van der Waals surface area contributed by atoms with Crippen molar-refractivity contribution >= 4 is 40.1 Å². The Bertz CT molecular complexity index is 864. The number of fused-ring (bicyclic) bond motifs is 1. The lowest BCUT2D eigenvalue weighted by atomic mass is 10.2. The van der Waals surface area contributed by atoms with Crippen LogP contribution in [0.2, 0.25) is 5.28 Å². The average molecular weight is 396 g/mol.